The monoisotopic (exact) mass is 257 g/mol. The Labute approximate surface area is 112 Å². The Bertz CT molecular complexity index is 608. The number of aromatic nitrogens is 1. The highest BCUT2D eigenvalue weighted by Gasteiger charge is 2.04. The Hall–Kier alpha value is -2.12. The summed E-state index contributed by atoms with van der Waals surface area (Å²) in [5.74, 6) is -0.476. The van der Waals surface area contributed by atoms with Crippen molar-refractivity contribution in [1.29, 1.82) is 5.26 Å². The van der Waals surface area contributed by atoms with Crippen LogP contribution in [0.2, 0.25) is 0 Å². The van der Waals surface area contributed by atoms with Gasteiger partial charge in [-0.15, -0.1) is 0 Å². The van der Waals surface area contributed by atoms with Gasteiger partial charge < -0.3 is 10.3 Å². The molecule has 2 rings (SSSR count). The first-order valence-corrected chi connectivity index (χ1v) is 6.17. The molecule has 0 aliphatic rings. The Morgan fingerprint density at radius 1 is 1.37 bits per heavy atom. The van der Waals surface area contributed by atoms with E-state index in [4.69, 9.17) is 11.0 Å². The quantitative estimate of drug-likeness (QED) is 0.914. The molecule has 98 valence electrons. The molecule has 1 unspecified atom stereocenters. The van der Waals surface area contributed by atoms with E-state index >= 15 is 0 Å². The molecule has 0 saturated heterocycles. The fourth-order valence-electron chi connectivity index (χ4n) is 2.05. The summed E-state index contributed by atoms with van der Waals surface area (Å²) in [4.78, 5) is 0. The summed E-state index contributed by atoms with van der Waals surface area (Å²) < 4.78 is 15.2. The van der Waals surface area contributed by atoms with Crippen molar-refractivity contribution in [2.24, 2.45) is 5.73 Å². The zero-order valence-corrected chi connectivity index (χ0v) is 10.8. The van der Waals surface area contributed by atoms with Crippen LogP contribution in [0, 0.1) is 17.1 Å². The van der Waals surface area contributed by atoms with Crippen molar-refractivity contribution < 1.29 is 4.39 Å². The highest BCUT2D eigenvalue weighted by Crippen LogP contribution is 2.12. The minimum absolute atomic E-state index is 0.0838. The van der Waals surface area contributed by atoms with E-state index in [1.807, 2.05) is 36.0 Å². The van der Waals surface area contributed by atoms with Crippen molar-refractivity contribution in [2.45, 2.75) is 25.9 Å². The number of nitrogens with two attached hydrogens (primary N) is 1. The van der Waals surface area contributed by atoms with Crippen LogP contribution in [0.1, 0.15) is 23.6 Å². The van der Waals surface area contributed by atoms with Gasteiger partial charge in [0.25, 0.3) is 0 Å². The number of benzene rings is 1. The van der Waals surface area contributed by atoms with Crippen LogP contribution in [0.4, 0.5) is 4.39 Å². The Kier molecular flexibility index (Phi) is 3.98. The lowest BCUT2D eigenvalue weighted by atomic mass is 10.1. The lowest BCUT2D eigenvalue weighted by Gasteiger charge is -2.05. The van der Waals surface area contributed by atoms with E-state index in [-0.39, 0.29) is 11.6 Å². The van der Waals surface area contributed by atoms with E-state index in [9.17, 15) is 4.39 Å². The second kappa shape index (κ2) is 5.68. The third kappa shape index (κ3) is 3.43. The normalized spacial score (nSPS) is 12.1. The van der Waals surface area contributed by atoms with Crippen LogP contribution in [0.3, 0.4) is 0 Å². The Morgan fingerprint density at radius 3 is 2.84 bits per heavy atom. The molecule has 2 aromatic rings. The average Bonchev–Trinajstić information content (AvgIpc) is 2.78. The van der Waals surface area contributed by atoms with Crippen LogP contribution in [0.15, 0.2) is 36.7 Å². The molecule has 0 radical (unpaired) electrons. The third-order valence-corrected chi connectivity index (χ3v) is 2.89. The van der Waals surface area contributed by atoms with Gasteiger partial charge in [0.15, 0.2) is 0 Å². The van der Waals surface area contributed by atoms with Crippen molar-refractivity contribution >= 4 is 0 Å². The molecule has 1 heterocycles. The van der Waals surface area contributed by atoms with E-state index in [0.717, 1.165) is 12.0 Å². The largest absolute Gasteiger partial charge is 0.350 e. The highest BCUT2D eigenvalue weighted by atomic mass is 19.1. The molecule has 1 aromatic carbocycles. The summed E-state index contributed by atoms with van der Waals surface area (Å²) in [5, 5.41) is 8.80. The standard InChI is InChI=1S/C15H16FN3/c1-11(18)6-13-4-5-19(10-13)9-12-2-3-15(16)14(7-12)8-17/h2-5,7,10-11H,6,9,18H2,1H3. The van der Waals surface area contributed by atoms with Crippen molar-refractivity contribution in [3.05, 3.63) is 59.2 Å². The average molecular weight is 257 g/mol. The Balaban J connectivity index is 2.13. The summed E-state index contributed by atoms with van der Waals surface area (Å²) in [7, 11) is 0. The zero-order chi connectivity index (χ0) is 13.8. The topological polar surface area (TPSA) is 54.7 Å². The molecule has 19 heavy (non-hydrogen) atoms. The second-order valence-electron chi connectivity index (χ2n) is 4.80. The number of nitriles is 1. The summed E-state index contributed by atoms with van der Waals surface area (Å²) in [6.45, 7) is 2.59. The smallest absolute Gasteiger partial charge is 0.140 e. The molecule has 0 fully saturated rings. The van der Waals surface area contributed by atoms with Crippen LogP contribution in [0.25, 0.3) is 0 Å². The molecule has 0 spiro atoms. The predicted molar refractivity (Wildman–Crippen MR) is 72.0 cm³/mol. The van der Waals surface area contributed by atoms with Gasteiger partial charge in [0.2, 0.25) is 0 Å². The van der Waals surface area contributed by atoms with Gasteiger partial charge in [0.05, 0.1) is 5.56 Å². The molecule has 0 bridgehead atoms. The predicted octanol–water partition coefficient (Wildman–Crippen LogP) is 2.44. The summed E-state index contributed by atoms with van der Waals surface area (Å²) >= 11 is 0. The van der Waals surface area contributed by atoms with Crippen LogP contribution in [0.5, 0.6) is 0 Å². The molecule has 1 aromatic heterocycles. The number of rotatable bonds is 4. The van der Waals surface area contributed by atoms with E-state index in [2.05, 4.69) is 0 Å². The fraction of sp³-hybridized carbons (Fsp3) is 0.267. The van der Waals surface area contributed by atoms with Gasteiger partial charge in [0, 0.05) is 25.0 Å². The maximum Gasteiger partial charge on any atom is 0.140 e. The van der Waals surface area contributed by atoms with Crippen LogP contribution in [-0.2, 0) is 13.0 Å². The number of hydrogen-bond donors (Lipinski definition) is 1. The zero-order valence-electron chi connectivity index (χ0n) is 10.8. The molecule has 3 nitrogen and oxygen atoms in total. The van der Waals surface area contributed by atoms with Crippen LogP contribution >= 0.6 is 0 Å². The van der Waals surface area contributed by atoms with Gasteiger partial charge in [-0.3, -0.25) is 0 Å². The number of hydrogen-bond acceptors (Lipinski definition) is 2. The molecular formula is C15H16FN3. The van der Waals surface area contributed by atoms with E-state index < -0.39 is 5.82 Å². The lowest BCUT2D eigenvalue weighted by molar-refractivity contribution is 0.622. The van der Waals surface area contributed by atoms with Gasteiger partial charge in [-0.25, -0.2) is 4.39 Å². The van der Waals surface area contributed by atoms with Gasteiger partial charge >= 0.3 is 0 Å². The molecule has 0 saturated carbocycles. The first-order chi connectivity index (χ1) is 9.08. The SMILES string of the molecule is CC(N)Cc1ccn(Cc2ccc(F)c(C#N)c2)c1. The van der Waals surface area contributed by atoms with E-state index in [1.165, 1.54) is 11.6 Å². The first kappa shape index (κ1) is 13.3. The van der Waals surface area contributed by atoms with Crippen molar-refractivity contribution in [3.8, 4) is 6.07 Å². The molecule has 1 atom stereocenters. The lowest BCUT2D eigenvalue weighted by Crippen LogP contribution is -2.17. The highest BCUT2D eigenvalue weighted by molar-refractivity contribution is 5.34. The maximum atomic E-state index is 13.2. The van der Waals surface area contributed by atoms with Crippen molar-refractivity contribution in [3.63, 3.8) is 0 Å². The second-order valence-corrected chi connectivity index (χ2v) is 4.80. The minimum atomic E-state index is -0.476. The maximum absolute atomic E-state index is 13.2. The van der Waals surface area contributed by atoms with Crippen LogP contribution in [-0.4, -0.2) is 10.6 Å². The molecule has 0 aliphatic carbocycles. The molecule has 2 N–H and O–H groups in total. The number of halogens is 1. The summed E-state index contributed by atoms with van der Waals surface area (Å²) in [6.07, 6.45) is 4.83. The number of nitrogens with zero attached hydrogens (tertiary/aromatic N) is 2. The van der Waals surface area contributed by atoms with Crippen molar-refractivity contribution in [2.75, 3.05) is 0 Å². The van der Waals surface area contributed by atoms with E-state index in [0.29, 0.717) is 6.54 Å². The summed E-state index contributed by atoms with van der Waals surface area (Å²) in [6, 6.07) is 8.62. The third-order valence-electron chi connectivity index (χ3n) is 2.89. The summed E-state index contributed by atoms with van der Waals surface area (Å²) in [5.41, 5.74) is 7.92. The van der Waals surface area contributed by atoms with Gasteiger partial charge in [-0.2, -0.15) is 5.26 Å². The first-order valence-electron chi connectivity index (χ1n) is 6.17. The van der Waals surface area contributed by atoms with E-state index in [1.54, 1.807) is 12.1 Å². The minimum Gasteiger partial charge on any atom is -0.350 e. The van der Waals surface area contributed by atoms with Gasteiger partial charge in [-0.05, 0) is 42.7 Å². The molecule has 4 heteroatoms. The van der Waals surface area contributed by atoms with Crippen LogP contribution < -0.4 is 5.73 Å². The Morgan fingerprint density at radius 2 is 2.16 bits per heavy atom. The van der Waals surface area contributed by atoms with Gasteiger partial charge in [-0.1, -0.05) is 6.07 Å². The van der Waals surface area contributed by atoms with Gasteiger partial charge in [0.1, 0.15) is 11.9 Å². The van der Waals surface area contributed by atoms with Crippen molar-refractivity contribution in [1.82, 2.24) is 4.57 Å². The molecule has 0 aliphatic heterocycles. The molecule has 0 amide bonds. The fourth-order valence-corrected chi connectivity index (χ4v) is 2.05. The molecular weight excluding hydrogens is 241 g/mol.